The molecule has 0 spiro atoms. The van der Waals surface area contributed by atoms with Crippen LogP contribution in [0.25, 0.3) is 0 Å². The molecule has 5 nitrogen and oxygen atoms in total. The summed E-state index contributed by atoms with van der Waals surface area (Å²) in [6, 6.07) is 1.69. The van der Waals surface area contributed by atoms with Crippen LogP contribution in [0.1, 0.15) is 22.5 Å². The van der Waals surface area contributed by atoms with Gasteiger partial charge in [-0.2, -0.15) is 0 Å². The summed E-state index contributed by atoms with van der Waals surface area (Å²) in [5.41, 5.74) is 7.49. The van der Waals surface area contributed by atoms with Crippen molar-refractivity contribution in [2.24, 2.45) is 0 Å². The number of nitrogen functional groups attached to an aromatic ring is 1. The minimum atomic E-state index is -0.0222. The Hall–Kier alpha value is -1.62. The third-order valence-electron chi connectivity index (χ3n) is 2.78. The average Bonchev–Trinajstić information content (AvgIpc) is 2.30. The van der Waals surface area contributed by atoms with E-state index in [1.165, 1.54) is 0 Å². The van der Waals surface area contributed by atoms with Gasteiger partial charge in [-0.3, -0.25) is 9.78 Å². The molecule has 1 heterocycles. The highest BCUT2D eigenvalue weighted by atomic mass is 16.2. The molecule has 0 atom stereocenters. The second-order valence-corrected chi connectivity index (χ2v) is 4.79. The Morgan fingerprint density at radius 3 is 2.61 bits per heavy atom. The monoisotopic (exact) mass is 250 g/mol. The van der Waals surface area contributed by atoms with Crippen molar-refractivity contribution < 1.29 is 4.79 Å². The van der Waals surface area contributed by atoms with Gasteiger partial charge < -0.3 is 15.5 Å². The van der Waals surface area contributed by atoms with E-state index in [9.17, 15) is 4.79 Å². The molecule has 0 radical (unpaired) electrons. The first-order valence-electron chi connectivity index (χ1n) is 6.04. The Morgan fingerprint density at radius 1 is 1.33 bits per heavy atom. The summed E-state index contributed by atoms with van der Waals surface area (Å²) in [5.74, 6) is -0.0222. The summed E-state index contributed by atoms with van der Waals surface area (Å²) in [6.07, 6.45) is 2.52. The summed E-state index contributed by atoms with van der Waals surface area (Å²) in [7, 11) is 5.85. The number of pyridine rings is 1. The van der Waals surface area contributed by atoms with Crippen LogP contribution in [-0.2, 0) is 0 Å². The van der Waals surface area contributed by atoms with Crippen molar-refractivity contribution in [2.75, 3.05) is 40.0 Å². The summed E-state index contributed by atoms with van der Waals surface area (Å²) in [4.78, 5) is 20.1. The Morgan fingerprint density at radius 2 is 2.00 bits per heavy atom. The van der Waals surface area contributed by atoms with E-state index in [0.29, 0.717) is 16.9 Å². The maximum Gasteiger partial charge on any atom is 0.255 e. The standard InChI is InChI=1S/C13H22N4O/c1-10-12(8-11(14)9-15-10)13(18)17(4)7-5-6-16(2)3/h8-9H,5-7,14H2,1-4H3. The van der Waals surface area contributed by atoms with E-state index in [2.05, 4.69) is 9.88 Å². The molecule has 0 saturated carbocycles. The molecule has 1 rings (SSSR count). The number of anilines is 1. The number of aryl methyl sites for hydroxylation is 1. The van der Waals surface area contributed by atoms with Crippen LogP contribution in [0.4, 0.5) is 5.69 Å². The van der Waals surface area contributed by atoms with Gasteiger partial charge in [0.2, 0.25) is 0 Å². The SMILES string of the molecule is Cc1ncc(N)cc1C(=O)N(C)CCCN(C)C. The van der Waals surface area contributed by atoms with Gasteiger partial charge in [0, 0.05) is 13.6 Å². The van der Waals surface area contributed by atoms with Crippen molar-refractivity contribution in [3.63, 3.8) is 0 Å². The highest BCUT2D eigenvalue weighted by Crippen LogP contribution is 2.12. The highest BCUT2D eigenvalue weighted by molar-refractivity contribution is 5.95. The number of nitrogens with zero attached hydrogens (tertiary/aromatic N) is 3. The zero-order valence-corrected chi connectivity index (χ0v) is 11.6. The van der Waals surface area contributed by atoms with Crippen LogP contribution < -0.4 is 5.73 Å². The van der Waals surface area contributed by atoms with Gasteiger partial charge in [0.25, 0.3) is 5.91 Å². The van der Waals surface area contributed by atoms with Crippen molar-refractivity contribution in [1.29, 1.82) is 0 Å². The van der Waals surface area contributed by atoms with Crippen LogP contribution in [0.15, 0.2) is 12.3 Å². The lowest BCUT2D eigenvalue weighted by molar-refractivity contribution is 0.0789. The second-order valence-electron chi connectivity index (χ2n) is 4.79. The largest absolute Gasteiger partial charge is 0.397 e. The van der Waals surface area contributed by atoms with Gasteiger partial charge in [0.1, 0.15) is 0 Å². The van der Waals surface area contributed by atoms with Crippen LogP contribution in [0, 0.1) is 6.92 Å². The lowest BCUT2D eigenvalue weighted by Crippen LogP contribution is -2.30. The van der Waals surface area contributed by atoms with Crippen molar-refractivity contribution in [1.82, 2.24) is 14.8 Å². The smallest absolute Gasteiger partial charge is 0.255 e. The fraction of sp³-hybridized carbons (Fsp3) is 0.538. The molecule has 1 amide bonds. The van der Waals surface area contributed by atoms with Gasteiger partial charge >= 0.3 is 0 Å². The average molecular weight is 250 g/mol. The molecule has 0 unspecified atom stereocenters. The van der Waals surface area contributed by atoms with E-state index in [-0.39, 0.29) is 5.91 Å². The minimum Gasteiger partial charge on any atom is -0.397 e. The Kier molecular flexibility index (Phi) is 5.09. The molecule has 0 aromatic carbocycles. The van der Waals surface area contributed by atoms with Gasteiger partial charge in [-0.15, -0.1) is 0 Å². The maximum absolute atomic E-state index is 12.2. The van der Waals surface area contributed by atoms with E-state index in [4.69, 9.17) is 5.73 Å². The first-order chi connectivity index (χ1) is 8.41. The molecule has 0 bridgehead atoms. The summed E-state index contributed by atoms with van der Waals surface area (Å²) in [5, 5.41) is 0. The van der Waals surface area contributed by atoms with E-state index < -0.39 is 0 Å². The number of hydrogen-bond acceptors (Lipinski definition) is 4. The molecule has 1 aromatic rings. The van der Waals surface area contributed by atoms with Crippen LogP contribution in [0.5, 0.6) is 0 Å². The predicted octanol–water partition coefficient (Wildman–Crippen LogP) is 0.996. The first kappa shape index (κ1) is 14.4. The molecule has 0 fully saturated rings. The zero-order chi connectivity index (χ0) is 13.7. The number of carbonyl (C=O) groups is 1. The normalized spacial score (nSPS) is 10.7. The molecular weight excluding hydrogens is 228 g/mol. The number of nitrogens with two attached hydrogens (primary N) is 1. The molecule has 0 aliphatic carbocycles. The van der Waals surface area contributed by atoms with E-state index >= 15 is 0 Å². The summed E-state index contributed by atoms with van der Waals surface area (Å²) < 4.78 is 0. The van der Waals surface area contributed by atoms with Crippen LogP contribution >= 0.6 is 0 Å². The third-order valence-corrected chi connectivity index (χ3v) is 2.78. The zero-order valence-electron chi connectivity index (χ0n) is 11.6. The second kappa shape index (κ2) is 6.35. The Labute approximate surface area is 109 Å². The van der Waals surface area contributed by atoms with Gasteiger partial charge in [-0.1, -0.05) is 0 Å². The predicted molar refractivity (Wildman–Crippen MR) is 73.5 cm³/mol. The van der Waals surface area contributed by atoms with Crippen molar-refractivity contribution >= 4 is 11.6 Å². The molecule has 2 N–H and O–H groups in total. The number of aromatic nitrogens is 1. The van der Waals surface area contributed by atoms with Crippen molar-refractivity contribution in [2.45, 2.75) is 13.3 Å². The first-order valence-corrected chi connectivity index (χ1v) is 6.04. The van der Waals surface area contributed by atoms with E-state index in [1.54, 1.807) is 24.2 Å². The van der Waals surface area contributed by atoms with Gasteiger partial charge in [0.15, 0.2) is 0 Å². The molecule has 1 aromatic heterocycles. The quantitative estimate of drug-likeness (QED) is 0.846. The number of carbonyl (C=O) groups excluding carboxylic acids is 1. The molecule has 0 saturated heterocycles. The van der Waals surface area contributed by atoms with Gasteiger partial charge in [-0.05, 0) is 40.1 Å². The highest BCUT2D eigenvalue weighted by Gasteiger charge is 2.14. The Balaban J connectivity index is 2.65. The summed E-state index contributed by atoms with van der Waals surface area (Å²) >= 11 is 0. The molecule has 18 heavy (non-hydrogen) atoms. The van der Waals surface area contributed by atoms with Crippen molar-refractivity contribution in [3.05, 3.63) is 23.5 Å². The van der Waals surface area contributed by atoms with Crippen LogP contribution in [0.2, 0.25) is 0 Å². The fourth-order valence-corrected chi connectivity index (χ4v) is 1.70. The Bertz CT molecular complexity index is 417. The molecule has 100 valence electrons. The van der Waals surface area contributed by atoms with Crippen molar-refractivity contribution in [3.8, 4) is 0 Å². The minimum absolute atomic E-state index is 0.0222. The number of rotatable bonds is 5. The molecule has 0 aliphatic rings. The van der Waals surface area contributed by atoms with Crippen LogP contribution in [-0.4, -0.2) is 54.9 Å². The maximum atomic E-state index is 12.2. The number of hydrogen-bond donors (Lipinski definition) is 1. The van der Waals surface area contributed by atoms with Gasteiger partial charge in [-0.25, -0.2) is 0 Å². The third kappa shape index (κ3) is 4.00. The lowest BCUT2D eigenvalue weighted by Gasteiger charge is -2.19. The van der Waals surface area contributed by atoms with E-state index in [1.807, 2.05) is 21.0 Å². The van der Waals surface area contributed by atoms with E-state index in [0.717, 1.165) is 19.5 Å². The molecule has 0 aliphatic heterocycles. The topological polar surface area (TPSA) is 62.5 Å². The molecule has 5 heteroatoms. The summed E-state index contributed by atoms with van der Waals surface area (Å²) in [6.45, 7) is 3.51. The molecular formula is C13H22N4O. The number of amides is 1. The van der Waals surface area contributed by atoms with Crippen LogP contribution in [0.3, 0.4) is 0 Å². The van der Waals surface area contributed by atoms with Gasteiger partial charge in [0.05, 0.1) is 23.1 Å². The fourth-order valence-electron chi connectivity index (χ4n) is 1.70. The lowest BCUT2D eigenvalue weighted by atomic mass is 10.1.